The second-order valence-corrected chi connectivity index (χ2v) is 6.29. The summed E-state index contributed by atoms with van der Waals surface area (Å²) in [5.74, 6) is 1.79. The Hall–Kier alpha value is -2.67. The predicted molar refractivity (Wildman–Crippen MR) is 96.0 cm³/mol. The summed E-state index contributed by atoms with van der Waals surface area (Å²) in [7, 11) is 1.65. The molecule has 4 rings (SSSR count). The molecule has 0 radical (unpaired) electrons. The van der Waals surface area contributed by atoms with Gasteiger partial charge < -0.3 is 9.64 Å². The number of fused-ring (bicyclic) bond motifs is 1. The number of hydrogen-bond donors (Lipinski definition) is 0. The molecule has 0 amide bonds. The molecule has 0 saturated carbocycles. The van der Waals surface area contributed by atoms with Crippen LogP contribution in [0, 0.1) is 6.92 Å². The van der Waals surface area contributed by atoms with Gasteiger partial charge in [0.1, 0.15) is 5.82 Å². The molecular weight excluding hydrogens is 316 g/mol. The third kappa shape index (κ3) is 3.28. The fourth-order valence-electron chi connectivity index (χ4n) is 3.27. The number of rotatable bonds is 4. The molecule has 0 atom stereocenters. The van der Waals surface area contributed by atoms with E-state index in [1.54, 1.807) is 13.3 Å². The van der Waals surface area contributed by atoms with Crippen molar-refractivity contribution in [2.24, 2.45) is 0 Å². The maximum atomic E-state index is 5.21. The van der Waals surface area contributed by atoms with Gasteiger partial charge in [-0.25, -0.2) is 9.97 Å². The number of anilines is 1. The first kappa shape index (κ1) is 15.8. The van der Waals surface area contributed by atoms with Gasteiger partial charge in [0.2, 0.25) is 5.88 Å². The molecule has 1 saturated heterocycles. The van der Waals surface area contributed by atoms with Gasteiger partial charge in [0.15, 0.2) is 5.65 Å². The number of ether oxygens (including phenoxy) is 1. The third-order valence-corrected chi connectivity index (χ3v) is 4.54. The van der Waals surface area contributed by atoms with Crippen LogP contribution in [-0.4, -0.2) is 57.8 Å². The Morgan fingerprint density at radius 1 is 1.08 bits per heavy atom. The quantitative estimate of drug-likeness (QED) is 0.722. The highest BCUT2D eigenvalue weighted by Gasteiger charge is 2.20. The number of aromatic nitrogens is 4. The summed E-state index contributed by atoms with van der Waals surface area (Å²) in [6, 6.07) is 9.98. The van der Waals surface area contributed by atoms with Crippen LogP contribution in [0.5, 0.6) is 5.88 Å². The highest BCUT2D eigenvalue weighted by Crippen LogP contribution is 2.19. The molecule has 3 aromatic rings. The number of piperazine rings is 1. The standard InChI is InChI=1S/C18H22N6O/c1-14-12-18(24-16(20-14)6-7-19-24)23-10-8-22(9-11-23)13-15-4-3-5-17(21-15)25-2/h3-7,12H,8-11,13H2,1-2H3. The lowest BCUT2D eigenvalue weighted by atomic mass is 10.2. The van der Waals surface area contributed by atoms with Gasteiger partial charge in [-0.2, -0.15) is 9.61 Å². The van der Waals surface area contributed by atoms with E-state index < -0.39 is 0 Å². The maximum absolute atomic E-state index is 5.21. The summed E-state index contributed by atoms with van der Waals surface area (Å²) in [5, 5.41) is 4.42. The van der Waals surface area contributed by atoms with E-state index >= 15 is 0 Å². The van der Waals surface area contributed by atoms with Gasteiger partial charge in [-0.3, -0.25) is 4.90 Å². The van der Waals surface area contributed by atoms with Gasteiger partial charge >= 0.3 is 0 Å². The van der Waals surface area contributed by atoms with Crippen molar-refractivity contribution in [2.45, 2.75) is 13.5 Å². The van der Waals surface area contributed by atoms with Crippen LogP contribution in [0.2, 0.25) is 0 Å². The summed E-state index contributed by atoms with van der Waals surface area (Å²) in [5.41, 5.74) is 2.96. The van der Waals surface area contributed by atoms with Crippen LogP contribution in [0.1, 0.15) is 11.4 Å². The van der Waals surface area contributed by atoms with Crippen molar-refractivity contribution in [1.82, 2.24) is 24.5 Å². The minimum atomic E-state index is 0.671. The Bertz CT molecular complexity index is 869. The molecule has 0 unspecified atom stereocenters. The molecule has 0 N–H and O–H groups in total. The molecule has 7 heteroatoms. The normalized spacial score (nSPS) is 15.7. The first-order valence-electron chi connectivity index (χ1n) is 8.51. The maximum Gasteiger partial charge on any atom is 0.213 e. The van der Waals surface area contributed by atoms with Crippen molar-refractivity contribution in [2.75, 3.05) is 38.2 Å². The highest BCUT2D eigenvalue weighted by molar-refractivity contribution is 5.51. The number of pyridine rings is 1. The van der Waals surface area contributed by atoms with E-state index in [9.17, 15) is 0 Å². The van der Waals surface area contributed by atoms with E-state index in [0.29, 0.717) is 5.88 Å². The van der Waals surface area contributed by atoms with E-state index in [1.165, 1.54) is 0 Å². The summed E-state index contributed by atoms with van der Waals surface area (Å²) in [6.07, 6.45) is 1.80. The average molecular weight is 338 g/mol. The molecule has 0 aliphatic carbocycles. The molecular formula is C18H22N6O. The largest absolute Gasteiger partial charge is 0.481 e. The van der Waals surface area contributed by atoms with Crippen LogP contribution in [0.4, 0.5) is 5.82 Å². The fraction of sp³-hybridized carbons (Fsp3) is 0.389. The molecule has 130 valence electrons. The van der Waals surface area contributed by atoms with E-state index in [1.807, 2.05) is 35.7 Å². The molecule has 0 aromatic carbocycles. The molecule has 4 heterocycles. The van der Waals surface area contributed by atoms with Gasteiger partial charge in [0.05, 0.1) is 19.0 Å². The van der Waals surface area contributed by atoms with Crippen LogP contribution in [0.15, 0.2) is 36.5 Å². The van der Waals surface area contributed by atoms with Crippen molar-refractivity contribution in [3.63, 3.8) is 0 Å². The first-order valence-corrected chi connectivity index (χ1v) is 8.51. The Morgan fingerprint density at radius 2 is 1.92 bits per heavy atom. The lowest BCUT2D eigenvalue weighted by Gasteiger charge is -2.35. The van der Waals surface area contributed by atoms with Crippen LogP contribution in [0.3, 0.4) is 0 Å². The van der Waals surface area contributed by atoms with Crippen molar-refractivity contribution in [3.05, 3.63) is 47.9 Å². The Kier molecular flexibility index (Phi) is 4.23. The first-order chi connectivity index (χ1) is 12.2. The van der Waals surface area contributed by atoms with Gasteiger partial charge in [-0.1, -0.05) is 6.07 Å². The van der Waals surface area contributed by atoms with E-state index in [0.717, 1.165) is 55.6 Å². The molecule has 1 fully saturated rings. The average Bonchev–Trinajstić information content (AvgIpc) is 3.10. The third-order valence-electron chi connectivity index (χ3n) is 4.54. The van der Waals surface area contributed by atoms with E-state index in [4.69, 9.17) is 4.74 Å². The second-order valence-electron chi connectivity index (χ2n) is 6.29. The summed E-state index contributed by atoms with van der Waals surface area (Å²) >= 11 is 0. The van der Waals surface area contributed by atoms with E-state index in [2.05, 4.69) is 30.9 Å². The Morgan fingerprint density at radius 3 is 2.72 bits per heavy atom. The Labute approximate surface area is 146 Å². The van der Waals surface area contributed by atoms with Crippen LogP contribution in [-0.2, 0) is 6.54 Å². The van der Waals surface area contributed by atoms with Crippen molar-refractivity contribution in [3.8, 4) is 5.88 Å². The minimum Gasteiger partial charge on any atom is -0.481 e. The van der Waals surface area contributed by atoms with Crippen molar-refractivity contribution in [1.29, 1.82) is 0 Å². The zero-order valence-corrected chi connectivity index (χ0v) is 14.6. The monoisotopic (exact) mass is 338 g/mol. The number of aryl methyl sites for hydroxylation is 1. The molecule has 0 bridgehead atoms. The van der Waals surface area contributed by atoms with Gasteiger partial charge in [0.25, 0.3) is 0 Å². The summed E-state index contributed by atoms with van der Waals surface area (Å²) in [6.45, 7) is 6.77. The van der Waals surface area contributed by atoms with Crippen LogP contribution < -0.4 is 9.64 Å². The second kappa shape index (κ2) is 6.68. The lowest BCUT2D eigenvalue weighted by Crippen LogP contribution is -2.46. The summed E-state index contributed by atoms with van der Waals surface area (Å²) in [4.78, 5) is 13.8. The molecule has 3 aromatic heterocycles. The SMILES string of the molecule is COc1cccc(CN2CCN(c3cc(C)nc4ccnn34)CC2)n1. The molecule has 0 spiro atoms. The van der Waals surface area contributed by atoms with Crippen LogP contribution >= 0.6 is 0 Å². The van der Waals surface area contributed by atoms with E-state index in [-0.39, 0.29) is 0 Å². The lowest BCUT2D eigenvalue weighted by molar-refractivity contribution is 0.245. The van der Waals surface area contributed by atoms with Gasteiger partial charge in [-0.05, 0) is 13.0 Å². The van der Waals surface area contributed by atoms with Crippen molar-refractivity contribution >= 4 is 11.5 Å². The molecule has 25 heavy (non-hydrogen) atoms. The number of nitrogens with zero attached hydrogens (tertiary/aromatic N) is 6. The smallest absolute Gasteiger partial charge is 0.213 e. The number of hydrogen-bond acceptors (Lipinski definition) is 6. The predicted octanol–water partition coefficient (Wildman–Crippen LogP) is 1.76. The highest BCUT2D eigenvalue weighted by atomic mass is 16.5. The van der Waals surface area contributed by atoms with Crippen LogP contribution in [0.25, 0.3) is 5.65 Å². The topological polar surface area (TPSA) is 58.8 Å². The molecule has 1 aliphatic heterocycles. The fourth-order valence-corrected chi connectivity index (χ4v) is 3.27. The van der Waals surface area contributed by atoms with Gasteiger partial charge in [0, 0.05) is 56.6 Å². The molecule has 7 nitrogen and oxygen atoms in total. The zero-order chi connectivity index (χ0) is 17.2. The Balaban J connectivity index is 1.45. The van der Waals surface area contributed by atoms with Crippen molar-refractivity contribution < 1.29 is 4.74 Å². The van der Waals surface area contributed by atoms with Gasteiger partial charge in [-0.15, -0.1) is 0 Å². The molecule has 1 aliphatic rings. The number of methoxy groups -OCH3 is 1. The summed E-state index contributed by atoms with van der Waals surface area (Å²) < 4.78 is 7.13. The minimum absolute atomic E-state index is 0.671. The zero-order valence-electron chi connectivity index (χ0n) is 14.6.